The van der Waals surface area contributed by atoms with Crippen LogP contribution in [0.5, 0.6) is 0 Å². The molecule has 0 saturated carbocycles. The highest BCUT2D eigenvalue weighted by Gasteiger charge is 2.43. The number of carbonyl (C=O) groups is 1. The van der Waals surface area contributed by atoms with Crippen molar-refractivity contribution < 1.29 is 14.0 Å². The van der Waals surface area contributed by atoms with Gasteiger partial charge in [-0.2, -0.15) is 0 Å². The molecule has 4 heteroatoms. The molecule has 1 atom stereocenters. The smallest absolute Gasteiger partial charge is 0.315 e. The molecule has 1 N–H and O–H groups in total. The molecular weight excluding hydrogens is 216 g/mol. The Bertz CT molecular complexity index is 294. The van der Waals surface area contributed by atoms with Crippen molar-refractivity contribution in [3.05, 3.63) is 0 Å². The average Bonchev–Trinajstić information content (AvgIpc) is 2.18. The number of esters is 1. The van der Waals surface area contributed by atoms with Crippen LogP contribution in [0.1, 0.15) is 34.6 Å². The van der Waals surface area contributed by atoms with E-state index in [0.29, 0.717) is 6.73 Å². The van der Waals surface area contributed by atoms with Crippen LogP contribution in [0, 0.1) is 5.41 Å². The number of ether oxygens (including phenoxy) is 1. The van der Waals surface area contributed by atoms with E-state index in [-0.39, 0.29) is 11.5 Å². The van der Waals surface area contributed by atoms with E-state index >= 15 is 0 Å². The second-order valence-corrected chi connectivity index (χ2v) is 6.92. The van der Waals surface area contributed by atoms with Crippen molar-refractivity contribution in [3.8, 4) is 0 Å². The molecule has 1 aliphatic rings. The molecule has 0 spiro atoms. The van der Waals surface area contributed by atoms with Gasteiger partial charge in [-0.3, -0.25) is 9.28 Å². The van der Waals surface area contributed by atoms with Gasteiger partial charge in [0.25, 0.3) is 0 Å². The second-order valence-electron chi connectivity index (χ2n) is 6.92. The summed E-state index contributed by atoms with van der Waals surface area (Å²) in [4.78, 5) is 11.8. The van der Waals surface area contributed by atoms with Crippen LogP contribution in [-0.2, 0) is 9.53 Å². The summed E-state index contributed by atoms with van der Waals surface area (Å²) in [5, 5.41) is 3.39. The fourth-order valence-corrected chi connectivity index (χ4v) is 1.87. The summed E-state index contributed by atoms with van der Waals surface area (Å²) in [5.74, 6) is -0.119. The van der Waals surface area contributed by atoms with Crippen LogP contribution in [0.15, 0.2) is 0 Å². The molecule has 0 aromatic rings. The molecule has 0 aromatic heterocycles. The summed E-state index contributed by atoms with van der Waals surface area (Å²) >= 11 is 0. The third-order valence-electron chi connectivity index (χ3n) is 3.89. The number of quaternary nitrogens is 1. The van der Waals surface area contributed by atoms with E-state index in [2.05, 4.69) is 26.2 Å². The van der Waals surface area contributed by atoms with E-state index in [1.54, 1.807) is 0 Å². The van der Waals surface area contributed by atoms with Crippen molar-refractivity contribution in [2.24, 2.45) is 5.41 Å². The van der Waals surface area contributed by atoms with Gasteiger partial charge in [0.1, 0.15) is 5.54 Å². The number of nitrogens with one attached hydrogen (secondary N) is 1. The first kappa shape index (κ1) is 14.5. The quantitative estimate of drug-likeness (QED) is 0.588. The Morgan fingerprint density at radius 3 is 2.47 bits per heavy atom. The lowest BCUT2D eigenvalue weighted by molar-refractivity contribution is -0.971. The maximum atomic E-state index is 11.8. The topological polar surface area (TPSA) is 38.3 Å². The zero-order valence-corrected chi connectivity index (χ0v) is 12.1. The zero-order valence-electron chi connectivity index (χ0n) is 12.1. The van der Waals surface area contributed by atoms with E-state index in [9.17, 15) is 4.79 Å². The van der Waals surface area contributed by atoms with Crippen LogP contribution < -0.4 is 5.32 Å². The van der Waals surface area contributed by atoms with E-state index in [1.165, 1.54) is 0 Å². The second kappa shape index (κ2) is 4.58. The molecule has 1 aliphatic heterocycles. The van der Waals surface area contributed by atoms with Crippen molar-refractivity contribution in [2.75, 3.05) is 33.4 Å². The Morgan fingerprint density at radius 2 is 2.00 bits per heavy atom. The highest BCUT2D eigenvalue weighted by atomic mass is 16.5. The van der Waals surface area contributed by atoms with Gasteiger partial charge in [-0.1, -0.05) is 0 Å². The van der Waals surface area contributed by atoms with Gasteiger partial charge < -0.3 is 10.1 Å². The van der Waals surface area contributed by atoms with Gasteiger partial charge in [-0.25, -0.2) is 0 Å². The number of nitrogens with zero attached hydrogens (tertiary/aromatic N) is 1. The highest BCUT2D eigenvalue weighted by molar-refractivity contribution is 5.75. The van der Waals surface area contributed by atoms with Gasteiger partial charge >= 0.3 is 5.97 Å². The molecule has 1 unspecified atom stereocenters. The molecule has 1 rings (SSSR count). The van der Waals surface area contributed by atoms with Gasteiger partial charge in [-0.05, 0) is 34.6 Å². The van der Waals surface area contributed by atoms with E-state index in [1.807, 2.05) is 20.8 Å². The van der Waals surface area contributed by atoms with Crippen molar-refractivity contribution in [2.45, 2.75) is 40.2 Å². The molecule has 0 aliphatic carbocycles. The molecule has 0 amide bonds. The molecule has 0 aromatic carbocycles. The molecule has 17 heavy (non-hydrogen) atoms. The van der Waals surface area contributed by atoms with Crippen LogP contribution >= 0.6 is 0 Å². The third-order valence-corrected chi connectivity index (χ3v) is 3.89. The Labute approximate surface area is 105 Å². The first-order valence-electron chi connectivity index (χ1n) is 6.31. The molecule has 1 fully saturated rings. The lowest BCUT2D eigenvalue weighted by Gasteiger charge is -2.49. The zero-order chi connectivity index (χ0) is 13.3. The van der Waals surface area contributed by atoms with Gasteiger partial charge in [0.15, 0.2) is 0 Å². The Balaban J connectivity index is 2.63. The maximum Gasteiger partial charge on any atom is 0.315 e. The predicted molar refractivity (Wildman–Crippen MR) is 68.4 cm³/mol. The lowest BCUT2D eigenvalue weighted by atomic mass is 9.97. The predicted octanol–water partition coefficient (Wildman–Crippen LogP) is 1.36. The SMILES string of the molecule is CC(C)(C)C(=O)OC[N+]1(C)CCNCC1(C)C. The largest absolute Gasteiger partial charge is 0.415 e. The van der Waals surface area contributed by atoms with Gasteiger partial charge in [-0.15, -0.1) is 0 Å². The van der Waals surface area contributed by atoms with Gasteiger partial charge in [0.05, 0.1) is 25.6 Å². The first-order chi connectivity index (χ1) is 7.58. The summed E-state index contributed by atoms with van der Waals surface area (Å²) < 4.78 is 6.27. The van der Waals surface area contributed by atoms with Gasteiger partial charge in [0.2, 0.25) is 6.73 Å². The molecular formula is C13H27N2O2+. The molecule has 0 radical (unpaired) electrons. The Kier molecular flexibility index (Phi) is 3.89. The Morgan fingerprint density at radius 1 is 1.41 bits per heavy atom. The van der Waals surface area contributed by atoms with Crippen molar-refractivity contribution in [1.82, 2.24) is 5.32 Å². The standard InChI is InChI=1S/C13H27N2O2/c1-12(2,3)11(16)17-10-15(6)8-7-14-9-13(15,4)5/h14H,7-10H2,1-6H3/q+1. The number of hydrogen-bond acceptors (Lipinski definition) is 3. The van der Waals surface area contributed by atoms with Crippen LogP contribution in [-0.4, -0.2) is 49.4 Å². The monoisotopic (exact) mass is 243 g/mol. The number of rotatable bonds is 2. The lowest BCUT2D eigenvalue weighted by Crippen LogP contribution is -2.69. The van der Waals surface area contributed by atoms with Gasteiger partial charge in [0, 0.05) is 6.54 Å². The summed E-state index contributed by atoms with van der Waals surface area (Å²) in [7, 11) is 2.16. The third kappa shape index (κ3) is 3.19. The summed E-state index contributed by atoms with van der Waals surface area (Å²) in [6, 6.07) is 0. The number of likely N-dealkylation sites (N-methyl/N-ethyl adjacent to an activating group) is 1. The fourth-order valence-electron chi connectivity index (χ4n) is 1.87. The van der Waals surface area contributed by atoms with Crippen molar-refractivity contribution >= 4 is 5.97 Å². The minimum absolute atomic E-state index is 0.0937. The minimum atomic E-state index is -0.419. The molecule has 100 valence electrons. The Hall–Kier alpha value is -0.610. The molecule has 1 saturated heterocycles. The highest BCUT2D eigenvalue weighted by Crippen LogP contribution is 2.25. The van der Waals surface area contributed by atoms with E-state index < -0.39 is 5.41 Å². The van der Waals surface area contributed by atoms with Crippen molar-refractivity contribution in [1.29, 1.82) is 0 Å². The van der Waals surface area contributed by atoms with Crippen LogP contribution in [0.25, 0.3) is 0 Å². The average molecular weight is 243 g/mol. The van der Waals surface area contributed by atoms with E-state index in [4.69, 9.17) is 4.74 Å². The van der Waals surface area contributed by atoms with Crippen LogP contribution in [0.3, 0.4) is 0 Å². The fraction of sp³-hybridized carbons (Fsp3) is 0.923. The van der Waals surface area contributed by atoms with Crippen molar-refractivity contribution in [3.63, 3.8) is 0 Å². The molecule has 4 nitrogen and oxygen atoms in total. The summed E-state index contributed by atoms with van der Waals surface area (Å²) in [6.07, 6.45) is 0. The minimum Gasteiger partial charge on any atom is -0.415 e. The molecule has 1 heterocycles. The number of piperazine rings is 1. The van der Waals surface area contributed by atoms with Crippen LogP contribution in [0.2, 0.25) is 0 Å². The maximum absolute atomic E-state index is 11.8. The summed E-state index contributed by atoms with van der Waals surface area (Å²) in [5.41, 5.74) is -0.326. The summed E-state index contributed by atoms with van der Waals surface area (Å²) in [6.45, 7) is 13.5. The van der Waals surface area contributed by atoms with Crippen LogP contribution in [0.4, 0.5) is 0 Å². The number of carbonyl (C=O) groups excluding carboxylic acids is 1. The van der Waals surface area contributed by atoms with E-state index in [0.717, 1.165) is 24.1 Å². The first-order valence-corrected chi connectivity index (χ1v) is 6.31. The molecule has 0 bridgehead atoms. The normalized spacial score (nSPS) is 28.8. The number of hydrogen-bond donors (Lipinski definition) is 1.